The second-order valence-electron chi connectivity index (χ2n) is 11.0. The van der Waals surface area contributed by atoms with E-state index in [2.05, 4.69) is 36.6 Å². The van der Waals surface area contributed by atoms with Crippen LogP contribution in [0.1, 0.15) is 62.8 Å². The van der Waals surface area contributed by atoms with Crippen LogP contribution in [0.2, 0.25) is 0 Å². The normalized spacial score (nSPS) is 13.1. The number of hydrogen-bond acceptors (Lipinski definition) is 5. The van der Waals surface area contributed by atoms with Gasteiger partial charge in [-0.3, -0.25) is 0 Å². The molecule has 0 aliphatic rings. The molecule has 2 unspecified atom stereocenters. The first-order chi connectivity index (χ1) is 18.1. The lowest BCUT2D eigenvalue weighted by Gasteiger charge is -2.27. The van der Waals surface area contributed by atoms with Gasteiger partial charge < -0.3 is 25.2 Å². The van der Waals surface area contributed by atoms with E-state index in [-0.39, 0.29) is 0 Å². The molecule has 0 bridgehead atoms. The maximum atomic E-state index is 12.5. The maximum absolute atomic E-state index is 12.5. The third-order valence-corrected chi connectivity index (χ3v) is 6.05. The van der Waals surface area contributed by atoms with E-state index >= 15 is 0 Å². The fraction of sp³-hybridized carbons (Fsp3) is 0.406. The number of ether oxygens (including phenoxy) is 2. The van der Waals surface area contributed by atoms with Crippen molar-refractivity contribution in [1.29, 1.82) is 0 Å². The Kier molecular flexibility index (Phi) is 10.7. The quantitative estimate of drug-likeness (QED) is 0.275. The predicted octanol–water partition coefficient (Wildman–Crippen LogP) is 5.98. The van der Waals surface area contributed by atoms with Crippen molar-refractivity contribution in [1.82, 2.24) is 10.6 Å². The van der Waals surface area contributed by atoms with Crippen molar-refractivity contribution in [2.45, 2.75) is 77.9 Å². The highest BCUT2D eigenvalue weighted by molar-refractivity contribution is 5.68. The Hall–Kier alpha value is -3.35. The van der Waals surface area contributed by atoms with Gasteiger partial charge in [0.2, 0.25) is 0 Å². The van der Waals surface area contributed by atoms with E-state index in [1.54, 1.807) is 0 Å². The predicted molar refractivity (Wildman–Crippen MR) is 152 cm³/mol. The number of aliphatic hydroxyl groups excluding tert-OH is 1. The fourth-order valence-electron chi connectivity index (χ4n) is 4.06. The molecule has 3 aromatic rings. The molecular weight excluding hydrogens is 476 g/mol. The average Bonchev–Trinajstić information content (AvgIpc) is 2.87. The minimum atomic E-state index is -0.815. The van der Waals surface area contributed by atoms with Crippen LogP contribution in [0.15, 0.2) is 78.9 Å². The molecule has 6 nitrogen and oxygen atoms in total. The van der Waals surface area contributed by atoms with Crippen LogP contribution in [0.3, 0.4) is 0 Å². The summed E-state index contributed by atoms with van der Waals surface area (Å²) >= 11 is 0. The first kappa shape index (κ1) is 29.2. The Balaban J connectivity index is 1.63. The van der Waals surface area contributed by atoms with Crippen molar-refractivity contribution in [3.63, 3.8) is 0 Å². The molecule has 1 amide bonds. The molecule has 3 rings (SSSR count). The number of nitrogens with one attached hydrogen (secondary N) is 2. The Morgan fingerprint density at radius 3 is 2.13 bits per heavy atom. The van der Waals surface area contributed by atoms with E-state index in [4.69, 9.17) is 9.47 Å². The third kappa shape index (κ3) is 10.2. The van der Waals surface area contributed by atoms with E-state index in [0.717, 1.165) is 22.4 Å². The molecule has 0 saturated carbocycles. The van der Waals surface area contributed by atoms with Crippen LogP contribution in [0, 0.1) is 0 Å². The smallest absolute Gasteiger partial charge is 0.407 e. The zero-order valence-electron chi connectivity index (χ0n) is 23.2. The molecule has 0 heterocycles. The lowest BCUT2D eigenvalue weighted by atomic mass is 9.99. The fourth-order valence-corrected chi connectivity index (χ4v) is 4.06. The molecular formula is C32H42N2O4. The Morgan fingerprint density at radius 2 is 1.53 bits per heavy atom. The van der Waals surface area contributed by atoms with Gasteiger partial charge in [-0.15, -0.1) is 0 Å². The first-order valence-electron chi connectivity index (χ1n) is 13.3. The molecule has 0 fully saturated rings. The Labute approximate surface area is 227 Å². The summed E-state index contributed by atoms with van der Waals surface area (Å²) in [6.45, 7) is 11.1. The first-order valence-corrected chi connectivity index (χ1v) is 13.3. The number of rotatable bonds is 12. The molecule has 6 heteroatoms. The zero-order valence-corrected chi connectivity index (χ0v) is 23.2. The SMILES string of the molecule is CC(C)c1cc(CNCC(O)C(Cc2ccccc2)NC(=O)OC(C)(C)C)cc(OCc2ccccc2)c1. The van der Waals surface area contributed by atoms with E-state index < -0.39 is 23.8 Å². The van der Waals surface area contributed by atoms with Crippen molar-refractivity contribution in [3.8, 4) is 5.75 Å². The van der Waals surface area contributed by atoms with Crippen molar-refractivity contribution >= 4 is 6.09 Å². The zero-order chi connectivity index (χ0) is 27.5. The Morgan fingerprint density at radius 1 is 0.895 bits per heavy atom. The minimum Gasteiger partial charge on any atom is -0.489 e. The van der Waals surface area contributed by atoms with Gasteiger partial charge in [-0.05, 0) is 67.5 Å². The summed E-state index contributed by atoms with van der Waals surface area (Å²) in [6, 6.07) is 25.7. The molecule has 3 aromatic carbocycles. The number of benzene rings is 3. The monoisotopic (exact) mass is 518 g/mol. The summed E-state index contributed by atoms with van der Waals surface area (Å²) in [6.07, 6.45) is -0.865. The third-order valence-electron chi connectivity index (χ3n) is 6.05. The molecule has 0 spiro atoms. The molecule has 204 valence electrons. The number of carbonyl (C=O) groups excluding carboxylic acids is 1. The molecule has 2 atom stereocenters. The van der Waals surface area contributed by atoms with Gasteiger partial charge >= 0.3 is 6.09 Å². The summed E-state index contributed by atoms with van der Waals surface area (Å²) in [4.78, 5) is 12.5. The minimum absolute atomic E-state index is 0.305. The number of carbonyl (C=O) groups is 1. The number of amides is 1. The van der Waals surface area contributed by atoms with Gasteiger partial charge in [-0.1, -0.05) is 80.6 Å². The van der Waals surface area contributed by atoms with Crippen molar-refractivity contribution < 1.29 is 19.4 Å². The van der Waals surface area contributed by atoms with Crippen LogP contribution in [0.4, 0.5) is 4.79 Å². The molecule has 0 saturated heterocycles. The summed E-state index contributed by atoms with van der Waals surface area (Å²) in [5.74, 6) is 1.18. The molecule has 38 heavy (non-hydrogen) atoms. The topological polar surface area (TPSA) is 79.8 Å². The van der Waals surface area contributed by atoms with E-state index in [9.17, 15) is 9.90 Å². The van der Waals surface area contributed by atoms with Crippen molar-refractivity contribution in [2.24, 2.45) is 0 Å². The lowest BCUT2D eigenvalue weighted by molar-refractivity contribution is 0.0422. The van der Waals surface area contributed by atoms with E-state index in [0.29, 0.717) is 32.0 Å². The van der Waals surface area contributed by atoms with Gasteiger partial charge in [-0.2, -0.15) is 0 Å². The maximum Gasteiger partial charge on any atom is 0.407 e. The summed E-state index contributed by atoms with van der Waals surface area (Å²) in [7, 11) is 0. The standard InChI is InChI=1S/C32H42N2O4/c1-23(2)27-16-26(17-28(19-27)37-22-25-14-10-7-11-15-25)20-33-21-30(35)29(18-24-12-8-6-9-13-24)34-31(36)38-32(3,4)5/h6-17,19,23,29-30,33,35H,18,20-22H2,1-5H3,(H,34,36). The summed E-state index contributed by atoms with van der Waals surface area (Å²) in [5, 5.41) is 17.3. The van der Waals surface area contributed by atoms with Crippen molar-refractivity contribution in [2.75, 3.05) is 6.54 Å². The van der Waals surface area contributed by atoms with Crippen LogP contribution in [0.5, 0.6) is 5.75 Å². The second-order valence-corrected chi connectivity index (χ2v) is 11.0. The van der Waals surface area contributed by atoms with Gasteiger partial charge in [0.25, 0.3) is 0 Å². The number of aliphatic hydroxyl groups is 1. The van der Waals surface area contributed by atoms with E-state index in [1.165, 1.54) is 5.56 Å². The van der Waals surface area contributed by atoms with Gasteiger partial charge in [0.1, 0.15) is 18.0 Å². The van der Waals surface area contributed by atoms with E-state index in [1.807, 2.05) is 87.5 Å². The number of alkyl carbamates (subject to hydrolysis) is 1. The highest BCUT2D eigenvalue weighted by Crippen LogP contribution is 2.24. The molecule has 0 radical (unpaired) electrons. The van der Waals surface area contributed by atoms with Crippen LogP contribution >= 0.6 is 0 Å². The van der Waals surface area contributed by atoms with Gasteiger partial charge in [0, 0.05) is 13.1 Å². The summed E-state index contributed by atoms with van der Waals surface area (Å²) in [5.41, 5.74) is 3.80. The van der Waals surface area contributed by atoms with Crippen LogP contribution in [-0.4, -0.2) is 35.5 Å². The highest BCUT2D eigenvalue weighted by atomic mass is 16.6. The number of hydrogen-bond donors (Lipinski definition) is 3. The average molecular weight is 519 g/mol. The van der Waals surface area contributed by atoms with Gasteiger partial charge in [-0.25, -0.2) is 4.79 Å². The van der Waals surface area contributed by atoms with Crippen molar-refractivity contribution in [3.05, 3.63) is 101 Å². The van der Waals surface area contributed by atoms with Gasteiger partial charge in [0.15, 0.2) is 0 Å². The van der Waals surface area contributed by atoms with Crippen LogP contribution in [-0.2, 0) is 24.3 Å². The largest absolute Gasteiger partial charge is 0.489 e. The second kappa shape index (κ2) is 14.0. The highest BCUT2D eigenvalue weighted by Gasteiger charge is 2.25. The van der Waals surface area contributed by atoms with Crippen LogP contribution in [0.25, 0.3) is 0 Å². The Bertz CT molecular complexity index is 1130. The molecule has 3 N–H and O–H groups in total. The van der Waals surface area contributed by atoms with Gasteiger partial charge in [0.05, 0.1) is 12.1 Å². The van der Waals surface area contributed by atoms with Crippen LogP contribution < -0.4 is 15.4 Å². The molecule has 0 aromatic heterocycles. The molecule has 0 aliphatic heterocycles. The molecule has 0 aliphatic carbocycles. The lowest BCUT2D eigenvalue weighted by Crippen LogP contribution is -2.49. The summed E-state index contributed by atoms with van der Waals surface area (Å²) < 4.78 is 11.5.